The van der Waals surface area contributed by atoms with Crippen LogP contribution in [-0.2, 0) is 0 Å². The first kappa shape index (κ1) is 11.3. The van der Waals surface area contributed by atoms with Gasteiger partial charge in [0.05, 0.1) is 0 Å². The lowest BCUT2D eigenvalue weighted by Crippen LogP contribution is -2.34. The van der Waals surface area contributed by atoms with Gasteiger partial charge in [0.15, 0.2) is 0 Å². The monoisotopic (exact) mass is 175 g/mol. The molecule has 0 aliphatic rings. The predicted molar refractivity (Wildman–Crippen MR) is 55.3 cm³/mol. The molecule has 2 unspecified atom stereocenters. The number of hydrogen-bond acceptors (Lipinski definition) is 2. The van der Waals surface area contributed by atoms with Crippen molar-refractivity contribution in [1.82, 2.24) is 5.32 Å². The van der Waals surface area contributed by atoms with Crippen LogP contribution in [0.15, 0.2) is 0 Å². The third kappa shape index (κ3) is 4.70. The number of thioether (sulfide) groups is 1. The van der Waals surface area contributed by atoms with Crippen molar-refractivity contribution in [1.29, 1.82) is 0 Å². The lowest BCUT2D eigenvalue weighted by atomic mass is 9.98. The molecule has 0 aromatic carbocycles. The lowest BCUT2D eigenvalue weighted by Gasteiger charge is -2.22. The third-order valence-electron chi connectivity index (χ3n) is 2.15. The minimum absolute atomic E-state index is 0.699. The summed E-state index contributed by atoms with van der Waals surface area (Å²) in [4.78, 5) is 0. The highest BCUT2D eigenvalue weighted by molar-refractivity contribution is 7.98. The number of hydrogen-bond donors (Lipinski definition) is 1. The first-order chi connectivity index (χ1) is 5.26. The molecule has 0 aromatic heterocycles. The molecule has 0 spiro atoms. The Morgan fingerprint density at radius 2 is 2.09 bits per heavy atom. The quantitative estimate of drug-likeness (QED) is 0.665. The summed E-state index contributed by atoms with van der Waals surface area (Å²) in [6.45, 7) is 4.59. The van der Waals surface area contributed by atoms with Gasteiger partial charge in [-0.15, -0.1) is 0 Å². The second-order valence-electron chi connectivity index (χ2n) is 3.12. The van der Waals surface area contributed by atoms with Crippen LogP contribution in [0.4, 0.5) is 0 Å². The molecule has 0 heterocycles. The summed E-state index contributed by atoms with van der Waals surface area (Å²) in [5.41, 5.74) is 0. The van der Waals surface area contributed by atoms with Gasteiger partial charge in [-0.1, -0.05) is 20.3 Å². The smallest absolute Gasteiger partial charge is 0.0180 e. The zero-order valence-electron chi connectivity index (χ0n) is 8.18. The Balaban J connectivity index is 3.61. The van der Waals surface area contributed by atoms with E-state index in [1.807, 2.05) is 11.8 Å². The SMILES string of the molecule is CCCC(C)C(CSC)NC. The average molecular weight is 175 g/mol. The van der Waals surface area contributed by atoms with Crippen molar-refractivity contribution in [2.24, 2.45) is 5.92 Å². The summed E-state index contributed by atoms with van der Waals surface area (Å²) in [6, 6.07) is 0.699. The normalized spacial score (nSPS) is 16.4. The molecule has 0 radical (unpaired) electrons. The Labute approximate surface area is 75.3 Å². The van der Waals surface area contributed by atoms with E-state index in [4.69, 9.17) is 0 Å². The Bertz CT molecular complexity index is 85.6. The Morgan fingerprint density at radius 1 is 1.45 bits per heavy atom. The van der Waals surface area contributed by atoms with E-state index in [0.29, 0.717) is 6.04 Å². The molecule has 0 fully saturated rings. The van der Waals surface area contributed by atoms with Crippen LogP contribution in [0.5, 0.6) is 0 Å². The lowest BCUT2D eigenvalue weighted by molar-refractivity contribution is 0.403. The van der Waals surface area contributed by atoms with Crippen LogP contribution in [0.3, 0.4) is 0 Å². The molecule has 0 amide bonds. The maximum atomic E-state index is 3.37. The molecule has 0 bridgehead atoms. The molecule has 1 nitrogen and oxygen atoms in total. The Kier molecular flexibility index (Phi) is 7.18. The third-order valence-corrected chi connectivity index (χ3v) is 2.84. The topological polar surface area (TPSA) is 12.0 Å². The van der Waals surface area contributed by atoms with Crippen LogP contribution >= 0.6 is 11.8 Å². The van der Waals surface area contributed by atoms with Crippen molar-refractivity contribution in [3.8, 4) is 0 Å². The van der Waals surface area contributed by atoms with Crippen molar-refractivity contribution in [2.75, 3.05) is 19.1 Å². The fourth-order valence-corrected chi connectivity index (χ4v) is 2.22. The minimum Gasteiger partial charge on any atom is -0.316 e. The highest BCUT2D eigenvalue weighted by Gasteiger charge is 2.12. The molecular weight excluding hydrogens is 154 g/mol. The molecule has 0 saturated heterocycles. The van der Waals surface area contributed by atoms with E-state index in [1.54, 1.807) is 0 Å². The minimum atomic E-state index is 0.699. The summed E-state index contributed by atoms with van der Waals surface area (Å²) in [5.74, 6) is 2.05. The van der Waals surface area contributed by atoms with Crippen LogP contribution in [0.1, 0.15) is 26.7 Å². The van der Waals surface area contributed by atoms with E-state index in [1.165, 1.54) is 18.6 Å². The fraction of sp³-hybridized carbons (Fsp3) is 1.00. The molecule has 11 heavy (non-hydrogen) atoms. The van der Waals surface area contributed by atoms with Crippen LogP contribution in [0.25, 0.3) is 0 Å². The van der Waals surface area contributed by atoms with Gasteiger partial charge in [0, 0.05) is 11.8 Å². The zero-order valence-corrected chi connectivity index (χ0v) is 9.00. The molecule has 2 heteroatoms. The van der Waals surface area contributed by atoms with Gasteiger partial charge in [0.2, 0.25) is 0 Å². The van der Waals surface area contributed by atoms with E-state index in [9.17, 15) is 0 Å². The summed E-state index contributed by atoms with van der Waals surface area (Å²) < 4.78 is 0. The van der Waals surface area contributed by atoms with E-state index in [-0.39, 0.29) is 0 Å². The molecular formula is C9H21NS. The first-order valence-corrected chi connectivity index (χ1v) is 5.81. The molecule has 0 aliphatic carbocycles. The van der Waals surface area contributed by atoms with Crippen molar-refractivity contribution in [2.45, 2.75) is 32.7 Å². The van der Waals surface area contributed by atoms with Crippen LogP contribution < -0.4 is 5.32 Å². The zero-order chi connectivity index (χ0) is 8.69. The van der Waals surface area contributed by atoms with Crippen LogP contribution in [0, 0.1) is 5.92 Å². The van der Waals surface area contributed by atoms with Crippen molar-refractivity contribution >= 4 is 11.8 Å². The highest BCUT2D eigenvalue weighted by Crippen LogP contribution is 2.13. The predicted octanol–water partition coefficient (Wildman–Crippen LogP) is 2.37. The van der Waals surface area contributed by atoms with Crippen molar-refractivity contribution < 1.29 is 0 Å². The van der Waals surface area contributed by atoms with Crippen molar-refractivity contribution in [3.05, 3.63) is 0 Å². The first-order valence-electron chi connectivity index (χ1n) is 4.42. The van der Waals surface area contributed by atoms with Gasteiger partial charge < -0.3 is 5.32 Å². The van der Waals surface area contributed by atoms with Crippen molar-refractivity contribution in [3.63, 3.8) is 0 Å². The average Bonchev–Trinajstić information content (AvgIpc) is 2.00. The summed E-state index contributed by atoms with van der Waals surface area (Å²) in [6.07, 6.45) is 4.81. The maximum absolute atomic E-state index is 3.37. The fourth-order valence-electron chi connectivity index (χ4n) is 1.37. The van der Waals surface area contributed by atoms with Gasteiger partial charge in [-0.05, 0) is 25.6 Å². The summed E-state index contributed by atoms with van der Waals surface area (Å²) in [7, 11) is 2.06. The summed E-state index contributed by atoms with van der Waals surface area (Å²) in [5, 5.41) is 3.37. The molecule has 0 aromatic rings. The second-order valence-corrected chi connectivity index (χ2v) is 4.03. The molecule has 0 rings (SSSR count). The number of nitrogens with one attached hydrogen (secondary N) is 1. The van der Waals surface area contributed by atoms with Gasteiger partial charge in [0.1, 0.15) is 0 Å². The highest BCUT2D eigenvalue weighted by atomic mass is 32.2. The Morgan fingerprint density at radius 3 is 2.45 bits per heavy atom. The van der Waals surface area contributed by atoms with Gasteiger partial charge in [-0.25, -0.2) is 0 Å². The van der Waals surface area contributed by atoms with E-state index in [2.05, 4.69) is 32.5 Å². The Hall–Kier alpha value is 0.310. The molecule has 0 saturated carbocycles. The molecule has 2 atom stereocenters. The van der Waals surface area contributed by atoms with Gasteiger partial charge in [0.25, 0.3) is 0 Å². The van der Waals surface area contributed by atoms with Gasteiger partial charge in [-0.2, -0.15) is 11.8 Å². The van der Waals surface area contributed by atoms with E-state index in [0.717, 1.165) is 5.92 Å². The standard InChI is InChI=1S/C9H21NS/c1-5-6-8(2)9(10-3)7-11-4/h8-10H,5-7H2,1-4H3. The second kappa shape index (κ2) is 6.99. The number of rotatable bonds is 6. The van der Waals surface area contributed by atoms with Crippen LogP contribution in [0.2, 0.25) is 0 Å². The van der Waals surface area contributed by atoms with Gasteiger partial charge in [-0.3, -0.25) is 0 Å². The van der Waals surface area contributed by atoms with E-state index < -0.39 is 0 Å². The largest absolute Gasteiger partial charge is 0.316 e. The summed E-state index contributed by atoms with van der Waals surface area (Å²) >= 11 is 1.93. The molecule has 0 aliphatic heterocycles. The molecule has 68 valence electrons. The van der Waals surface area contributed by atoms with Crippen LogP contribution in [-0.4, -0.2) is 25.1 Å². The van der Waals surface area contributed by atoms with E-state index >= 15 is 0 Å². The molecule has 1 N–H and O–H groups in total. The van der Waals surface area contributed by atoms with Gasteiger partial charge >= 0.3 is 0 Å². The maximum Gasteiger partial charge on any atom is 0.0180 e.